The minimum atomic E-state index is -0.0295. The number of carbonyl (C=O) groups excluding carboxylic acids is 1. The smallest absolute Gasteiger partial charge is 0.254 e. The summed E-state index contributed by atoms with van der Waals surface area (Å²) < 4.78 is 16.1. The molecule has 0 saturated heterocycles. The molecular formula is C16H19NO4S. The number of benzene rings is 1. The van der Waals surface area contributed by atoms with Gasteiger partial charge < -0.3 is 19.1 Å². The topological polar surface area (TPSA) is 48.0 Å². The van der Waals surface area contributed by atoms with Crippen LogP contribution in [-0.2, 0) is 6.54 Å². The van der Waals surface area contributed by atoms with Crippen molar-refractivity contribution in [3.05, 3.63) is 40.1 Å². The fourth-order valence-electron chi connectivity index (χ4n) is 2.22. The Hall–Kier alpha value is -2.21. The monoisotopic (exact) mass is 321 g/mol. The van der Waals surface area contributed by atoms with Crippen molar-refractivity contribution < 1.29 is 19.0 Å². The average molecular weight is 321 g/mol. The van der Waals surface area contributed by atoms with Gasteiger partial charge in [0.25, 0.3) is 5.91 Å². The van der Waals surface area contributed by atoms with E-state index in [0.717, 1.165) is 5.56 Å². The van der Waals surface area contributed by atoms with Gasteiger partial charge in [-0.25, -0.2) is 0 Å². The molecule has 5 nitrogen and oxygen atoms in total. The van der Waals surface area contributed by atoms with Gasteiger partial charge in [0.15, 0.2) is 11.5 Å². The van der Waals surface area contributed by atoms with Crippen LogP contribution in [0.15, 0.2) is 29.0 Å². The van der Waals surface area contributed by atoms with Crippen LogP contribution in [0.5, 0.6) is 17.2 Å². The number of carbonyl (C=O) groups is 1. The highest BCUT2D eigenvalue weighted by Gasteiger charge is 2.19. The Kier molecular flexibility index (Phi) is 5.27. The number of amides is 1. The van der Waals surface area contributed by atoms with Gasteiger partial charge in [-0.2, -0.15) is 11.3 Å². The van der Waals surface area contributed by atoms with E-state index in [0.29, 0.717) is 29.4 Å². The summed E-state index contributed by atoms with van der Waals surface area (Å²) in [7, 11) is 6.46. The minimum absolute atomic E-state index is 0.0295. The van der Waals surface area contributed by atoms with Crippen molar-refractivity contribution in [1.82, 2.24) is 4.90 Å². The first-order valence-electron chi connectivity index (χ1n) is 6.67. The molecule has 0 atom stereocenters. The van der Waals surface area contributed by atoms with E-state index in [1.807, 2.05) is 22.9 Å². The number of thiophene rings is 1. The zero-order valence-electron chi connectivity index (χ0n) is 13.1. The molecule has 1 aromatic heterocycles. The second-order valence-corrected chi connectivity index (χ2v) is 5.45. The average Bonchev–Trinajstić information content (AvgIpc) is 3.07. The lowest BCUT2D eigenvalue weighted by Gasteiger charge is -2.20. The van der Waals surface area contributed by atoms with E-state index in [9.17, 15) is 4.79 Å². The molecule has 2 rings (SSSR count). The van der Waals surface area contributed by atoms with Crippen molar-refractivity contribution in [2.45, 2.75) is 6.54 Å². The Balaban J connectivity index is 2.27. The van der Waals surface area contributed by atoms with Crippen LogP contribution in [0.25, 0.3) is 0 Å². The van der Waals surface area contributed by atoms with Crippen molar-refractivity contribution in [3.8, 4) is 17.2 Å². The van der Waals surface area contributed by atoms with E-state index in [1.165, 1.54) is 11.3 Å². The van der Waals surface area contributed by atoms with E-state index in [-0.39, 0.29) is 5.91 Å². The predicted molar refractivity (Wildman–Crippen MR) is 86.2 cm³/mol. The molecule has 0 N–H and O–H groups in total. The number of rotatable bonds is 6. The third kappa shape index (κ3) is 3.17. The SMILES string of the molecule is COc1ccc(CN(C)C(=O)c2ccsc2)c(OC)c1OC. The van der Waals surface area contributed by atoms with E-state index in [4.69, 9.17) is 14.2 Å². The van der Waals surface area contributed by atoms with Gasteiger partial charge in [0.05, 0.1) is 26.9 Å². The number of hydrogen-bond acceptors (Lipinski definition) is 5. The summed E-state index contributed by atoms with van der Waals surface area (Å²) in [5.41, 5.74) is 1.54. The van der Waals surface area contributed by atoms with E-state index < -0.39 is 0 Å². The third-order valence-corrected chi connectivity index (χ3v) is 3.99. The Morgan fingerprint density at radius 3 is 2.36 bits per heavy atom. The molecule has 1 amide bonds. The molecule has 0 aliphatic rings. The summed E-state index contributed by atoms with van der Waals surface area (Å²) in [5, 5.41) is 3.72. The lowest BCUT2D eigenvalue weighted by molar-refractivity contribution is 0.0784. The largest absolute Gasteiger partial charge is 0.493 e. The highest BCUT2D eigenvalue weighted by atomic mass is 32.1. The zero-order valence-corrected chi connectivity index (χ0v) is 13.9. The Morgan fingerprint density at radius 1 is 1.09 bits per heavy atom. The maximum absolute atomic E-state index is 12.3. The first-order valence-corrected chi connectivity index (χ1v) is 7.62. The highest BCUT2D eigenvalue weighted by molar-refractivity contribution is 7.08. The van der Waals surface area contributed by atoms with Gasteiger partial charge in [-0.1, -0.05) is 0 Å². The fraction of sp³-hybridized carbons (Fsp3) is 0.312. The highest BCUT2D eigenvalue weighted by Crippen LogP contribution is 2.40. The fourth-order valence-corrected chi connectivity index (χ4v) is 2.85. The molecule has 0 radical (unpaired) electrons. The zero-order chi connectivity index (χ0) is 16.1. The van der Waals surface area contributed by atoms with E-state index >= 15 is 0 Å². The minimum Gasteiger partial charge on any atom is -0.493 e. The van der Waals surface area contributed by atoms with Crippen molar-refractivity contribution >= 4 is 17.2 Å². The summed E-state index contributed by atoms with van der Waals surface area (Å²) in [6.45, 7) is 0.415. The molecule has 0 fully saturated rings. The number of ether oxygens (including phenoxy) is 3. The molecule has 22 heavy (non-hydrogen) atoms. The van der Waals surface area contributed by atoms with Gasteiger partial charge in [0.2, 0.25) is 5.75 Å². The lowest BCUT2D eigenvalue weighted by Crippen LogP contribution is -2.26. The number of nitrogens with zero attached hydrogens (tertiary/aromatic N) is 1. The van der Waals surface area contributed by atoms with Crippen LogP contribution in [0.3, 0.4) is 0 Å². The first kappa shape index (κ1) is 16.2. The van der Waals surface area contributed by atoms with Gasteiger partial charge in [-0.05, 0) is 23.6 Å². The number of methoxy groups -OCH3 is 3. The molecule has 6 heteroatoms. The normalized spacial score (nSPS) is 10.2. The molecule has 2 aromatic rings. The molecule has 118 valence electrons. The molecule has 0 spiro atoms. The Labute approximate surface area is 134 Å². The molecule has 1 heterocycles. The summed E-state index contributed by atoms with van der Waals surface area (Å²) in [5.74, 6) is 1.67. The van der Waals surface area contributed by atoms with Crippen LogP contribution in [0.1, 0.15) is 15.9 Å². The third-order valence-electron chi connectivity index (χ3n) is 3.31. The van der Waals surface area contributed by atoms with Gasteiger partial charge in [0.1, 0.15) is 0 Å². The van der Waals surface area contributed by atoms with Crippen LogP contribution < -0.4 is 14.2 Å². The van der Waals surface area contributed by atoms with Crippen LogP contribution in [0.2, 0.25) is 0 Å². The second-order valence-electron chi connectivity index (χ2n) is 4.67. The van der Waals surface area contributed by atoms with Crippen LogP contribution in [0, 0.1) is 0 Å². The van der Waals surface area contributed by atoms with Crippen LogP contribution in [0.4, 0.5) is 0 Å². The molecule has 0 unspecified atom stereocenters. The number of hydrogen-bond donors (Lipinski definition) is 0. The summed E-state index contributed by atoms with van der Waals surface area (Å²) >= 11 is 1.50. The van der Waals surface area contributed by atoms with Crippen molar-refractivity contribution in [3.63, 3.8) is 0 Å². The Bertz CT molecular complexity index is 640. The first-order chi connectivity index (χ1) is 10.6. The molecule has 0 aliphatic heterocycles. The summed E-state index contributed by atoms with van der Waals surface area (Å²) in [6, 6.07) is 5.49. The molecular weight excluding hydrogens is 302 g/mol. The second kappa shape index (κ2) is 7.17. The van der Waals surface area contributed by atoms with Crippen molar-refractivity contribution in [2.75, 3.05) is 28.4 Å². The maximum Gasteiger partial charge on any atom is 0.254 e. The van der Waals surface area contributed by atoms with E-state index in [1.54, 1.807) is 39.3 Å². The van der Waals surface area contributed by atoms with Crippen molar-refractivity contribution in [2.24, 2.45) is 0 Å². The lowest BCUT2D eigenvalue weighted by atomic mass is 10.1. The molecule has 1 aromatic carbocycles. The maximum atomic E-state index is 12.3. The quantitative estimate of drug-likeness (QED) is 0.820. The summed E-state index contributed by atoms with van der Waals surface area (Å²) in [6.07, 6.45) is 0. The standard InChI is InChI=1S/C16H19NO4S/c1-17(16(18)12-7-8-22-10-12)9-11-5-6-13(19-2)15(21-4)14(11)20-3/h5-8,10H,9H2,1-4H3. The van der Waals surface area contributed by atoms with Gasteiger partial charge >= 0.3 is 0 Å². The molecule has 0 bridgehead atoms. The van der Waals surface area contributed by atoms with Crippen LogP contribution in [-0.4, -0.2) is 39.2 Å². The Morgan fingerprint density at radius 2 is 1.82 bits per heavy atom. The predicted octanol–water partition coefficient (Wildman–Crippen LogP) is 3.05. The van der Waals surface area contributed by atoms with Crippen LogP contribution >= 0.6 is 11.3 Å². The molecule has 0 saturated carbocycles. The van der Waals surface area contributed by atoms with Gasteiger partial charge in [0, 0.05) is 24.5 Å². The van der Waals surface area contributed by atoms with Gasteiger partial charge in [-0.15, -0.1) is 0 Å². The summed E-state index contributed by atoms with van der Waals surface area (Å²) in [4.78, 5) is 14.0. The van der Waals surface area contributed by atoms with E-state index in [2.05, 4.69) is 0 Å². The van der Waals surface area contributed by atoms with Crippen molar-refractivity contribution in [1.29, 1.82) is 0 Å². The van der Waals surface area contributed by atoms with Gasteiger partial charge in [-0.3, -0.25) is 4.79 Å². The molecule has 0 aliphatic carbocycles.